The highest BCUT2D eigenvalue weighted by molar-refractivity contribution is 9.10. The highest BCUT2D eigenvalue weighted by atomic mass is 79.9. The Labute approximate surface area is 176 Å². The standard InChI is InChI=1S/C21H18BrNO5S/c22-14-6-8-19-17(12-14)18(10-11-27-19)23-21(24)20-9-7-15(28-20)13-29(25,26)16-4-2-1-3-5-16/h1-9,12,18H,10-11,13H2,(H,23,24). The van der Waals surface area contributed by atoms with Crippen molar-refractivity contribution in [1.29, 1.82) is 0 Å². The highest BCUT2D eigenvalue weighted by Gasteiger charge is 2.25. The molecule has 2 heterocycles. The van der Waals surface area contributed by atoms with Gasteiger partial charge in [-0.15, -0.1) is 0 Å². The van der Waals surface area contributed by atoms with Crippen molar-refractivity contribution in [3.05, 3.63) is 82.2 Å². The first-order valence-electron chi connectivity index (χ1n) is 9.02. The van der Waals surface area contributed by atoms with Crippen molar-refractivity contribution in [1.82, 2.24) is 5.32 Å². The molecule has 1 N–H and O–H groups in total. The Morgan fingerprint density at radius 1 is 1.10 bits per heavy atom. The molecule has 1 amide bonds. The molecule has 3 aromatic rings. The zero-order valence-electron chi connectivity index (χ0n) is 15.3. The third-order valence-electron chi connectivity index (χ3n) is 4.64. The van der Waals surface area contributed by atoms with Gasteiger partial charge in [-0.1, -0.05) is 34.1 Å². The first-order chi connectivity index (χ1) is 13.9. The summed E-state index contributed by atoms with van der Waals surface area (Å²) in [7, 11) is -3.54. The van der Waals surface area contributed by atoms with Crippen LogP contribution < -0.4 is 10.1 Å². The number of halogens is 1. The largest absolute Gasteiger partial charge is 0.493 e. The molecule has 0 saturated carbocycles. The topological polar surface area (TPSA) is 85.6 Å². The van der Waals surface area contributed by atoms with E-state index in [1.165, 1.54) is 24.3 Å². The van der Waals surface area contributed by atoms with Gasteiger partial charge in [0.25, 0.3) is 5.91 Å². The molecule has 2 aromatic carbocycles. The molecular weight excluding hydrogens is 458 g/mol. The maximum absolute atomic E-state index is 12.6. The van der Waals surface area contributed by atoms with Gasteiger partial charge < -0.3 is 14.5 Å². The molecule has 6 nitrogen and oxygen atoms in total. The number of hydrogen-bond donors (Lipinski definition) is 1. The van der Waals surface area contributed by atoms with E-state index in [0.717, 1.165) is 15.8 Å². The van der Waals surface area contributed by atoms with Gasteiger partial charge in [0.2, 0.25) is 0 Å². The number of ether oxygens (including phenoxy) is 1. The van der Waals surface area contributed by atoms with Crippen LogP contribution in [0.1, 0.15) is 34.3 Å². The Hall–Kier alpha value is -2.58. The lowest BCUT2D eigenvalue weighted by atomic mass is 10.0. The average molecular weight is 476 g/mol. The minimum absolute atomic E-state index is 0.0753. The Bertz CT molecular complexity index is 1140. The predicted octanol–water partition coefficient (Wildman–Crippen LogP) is 4.27. The van der Waals surface area contributed by atoms with Crippen LogP contribution in [0.3, 0.4) is 0 Å². The van der Waals surface area contributed by atoms with Crippen LogP contribution in [0.4, 0.5) is 0 Å². The van der Waals surface area contributed by atoms with E-state index < -0.39 is 15.7 Å². The van der Waals surface area contributed by atoms with Crippen LogP contribution in [-0.4, -0.2) is 20.9 Å². The fourth-order valence-corrected chi connectivity index (χ4v) is 4.87. The van der Waals surface area contributed by atoms with Crippen LogP contribution in [0, 0.1) is 0 Å². The number of carbonyl (C=O) groups is 1. The van der Waals surface area contributed by atoms with E-state index in [-0.39, 0.29) is 28.2 Å². The summed E-state index contributed by atoms with van der Waals surface area (Å²) in [6.07, 6.45) is 0.630. The number of fused-ring (bicyclic) bond motifs is 1. The predicted molar refractivity (Wildman–Crippen MR) is 111 cm³/mol. The number of benzene rings is 2. The van der Waals surface area contributed by atoms with Gasteiger partial charge >= 0.3 is 0 Å². The molecule has 1 aromatic heterocycles. The zero-order chi connectivity index (χ0) is 20.4. The van der Waals surface area contributed by atoms with Crippen LogP contribution in [0.5, 0.6) is 5.75 Å². The SMILES string of the molecule is O=C(NC1CCOc2ccc(Br)cc21)c1ccc(CS(=O)(=O)c2ccccc2)o1. The third-order valence-corrected chi connectivity index (χ3v) is 6.78. The summed E-state index contributed by atoms with van der Waals surface area (Å²) in [5, 5.41) is 2.94. The van der Waals surface area contributed by atoms with E-state index in [2.05, 4.69) is 21.2 Å². The van der Waals surface area contributed by atoms with Gasteiger partial charge in [-0.25, -0.2) is 8.42 Å². The summed E-state index contributed by atoms with van der Waals surface area (Å²) in [4.78, 5) is 12.9. The van der Waals surface area contributed by atoms with E-state index in [4.69, 9.17) is 9.15 Å². The van der Waals surface area contributed by atoms with Crippen molar-refractivity contribution in [2.45, 2.75) is 23.1 Å². The Balaban J connectivity index is 1.48. The van der Waals surface area contributed by atoms with E-state index in [1.807, 2.05) is 18.2 Å². The van der Waals surface area contributed by atoms with Crippen molar-refractivity contribution >= 4 is 31.7 Å². The monoisotopic (exact) mass is 475 g/mol. The van der Waals surface area contributed by atoms with Crippen LogP contribution in [0.25, 0.3) is 0 Å². The lowest BCUT2D eigenvalue weighted by molar-refractivity contribution is 0.0895. The Kier molecular flexibility index (Phi) is 5.47. The number of amides is 1. The maximum Gasteiger partial charge on any atom is 0.287 e. The molecule has 4 rings (SSSR count). The van der Waals surface area contributed by atoms with Gasteiger partial charge in [-0.3, -0.25) is 4.79 Å². The van der Waals surface area contributed by atoms with E-state index in [9.17, 15) is 13.2 Å². The van der Waals surface area contributed by atoms with Gasteiger partial charge in [0, 0.05) is 16.5 Å². The quantitative estimate of drug-likeness (QED) is 0.595. The first-order valence-corrected chi connectivity index (χ1v) is 11.5. The van der Waals surface area contributed by atoms with Crippen molar-refractivity contribution < 1.29 is 22.4 Å². The zero-order valence-corrected chi connectivity index (χ0v) is 17.7. The summed E-state index contributed by atoms with van der Waals surface area (Å²) >= 11 is 3.44. The number of carbonyl (C=O) groups excluding carboxylic acids is 1. The van der Waals surface area contributed by atoms with Crippen molar-refractivity contribution in [3.63, 3.8) is 0 Å². The number of hydrogen-bond acceptors (Lipinski definition) is 5. The smallest absolute Gasteiger partial charge is 0.287 e. The van der Waals surface area contributed by atoms with Gasteiger partial charge in [0.05, 0.1) is 17.5 Å². The lowest BCUT2D eigenvalue weighted by Crippen LogP contribution is -2.32. The molecule has 1 aliphatic rings. The second kappa shape index (κ2) is 8.04. The van der Waals surface area contributed by atoms with Crippen molar-refractivity contribution in [3.8, 4) is 5.75 Å². The Morgan fingerprint density at radius 2 is 1.90 bits per heavy atom. The fraction of sp³-hybridized carbons (Fsp3) is 0.190. The number of nitrogens with one attached hydrogen (secondary N) is 1. The van der Waals surface area contributed by atoms with Crippen molar-refractivity contribution in [2.75, 3.05) is 6.61 Å². The molecule has 1 unspecified atom stereocenters. The number of rotatable bonds is 5. The first kappa shape index (κ1) is 19.7. The van der Waals surface area contributed by atoms with Gasteiger partial charge in [0.1, 0.15) is 17.3 Å². The van der Waals surface area contributed by atoms with Crippen LogP contribution in [-0.2, 0) is 15.6 Å². The minimum Gasteiger partial charge on any atom is -0.493 e. The highest BCUT2D eigenvalue weighted by Crippen LogP contribution is 2.34. The molecular formula is C21H18BrNO5S. The molecule has 0 aliphatic carbocycles. The molecule has 1 atom stereocenters. The lowest BCUT2D eigenvalue weighted by Gasteiger charge is -2.26. The van der Waals surface area contributed by atoms with E-state index >= 15 is 0 Å². The van der Waals surface area contributed by atoms with E-state index in [1.54, 1.807) is 18.2 Å². The summed E-state index contributed by atoms with van der Waals surface area (Å²) < 4.78 is 37.0. The van der Waals surface area contributed by atoms with E-state index in [0.29, 0.717) is 13.0 Å². The second-order valence-corrected chi connectivity index (χ2v) is 9.59. The fourth-order valence-electron chi connectivity index (χ4n) is 3.22. The van der Waals surface area contributed by atoms with Gasteiger partial charge in [0.15, 0.2) is 15.6 Å². The molecule has 150 valence electrons. The summed E-state index contributed by atoms with van der Waals surface area (Å²) in [6, 6.07) is 16.6. The van der Waals surface area contributed by atoms with Crippen LogP contribution >= 0.6 is 15.9 Å². The molecule has 0 radical (unpaired) electrons. The Morgan fingerprint density at radius 3 is 2.69 bits per heavy atom. The van der Waals surface area contributed by atoms with Gasteiger partial charge in [-0.05, 0) is 42.5 Å². The van der Waals surface area contributed by atoms with Crippen LogP contribution in [0.2, 0.25) is 0 Å². The second-order valence-electron chi connectivity index (χ2n) is 6.68. The van der Waals surface area contributed by atoms with Crippen LogP contribution in [0.15, 0.2) is 74.4 Å². The average Bonchev–Trinajstić information content (AvgIpc) is 3.17. The molecule has 8 heteroatoms. The molecule has 1 aliphatic heterocycles. The summed E-state index contributed by atoms with van der Waals surface area (Å²) in [5.41, 5.74) is 0.886. The molecule has 0 fully saturated rings. The molecule has 0 saturated heterocycles. The van der Waals surface area contributed by atoms with Gasteiger partial charge in [-0.2, -0.15) is 0 Å². The normalized spacial score (nSPS) is 16.0. The molecule has 0 bridgehead atoms. The number of furan rings is 1. The minimum atomic E-state index is -3.54. The third kappa shape index (κ3) is 4.38. The molecule has 0 spiro atoms. The number of sulfone groups is 1. The summed E-state index contributed by atoms with van der Waals surface area (Å²) in [6.45, 7) is 0.498. The van der Waals surface area contributed by atoms with Crippen molar-refractivity contribution in [2.24, 2.45) is 0 Å². The maximum atomic E-state index is 12.6. The molecule has 29 heavy (non-hydrogen) atoms. The summed E-state index contributed by atoms with van der Waals surface area (Å²) in [5.74, 6) is 0.322.